The van der Waals surface area contributed by atoms with Crippen LogP contribution in [-0.4, -0.2) is 81.0 Å². The molecule has 10 nitrogen and oxygen atoms in total. The number of aryl methyl sites for hydroxylation is 1. The molecule has 2 atom stereocenters. The highest BCUT2D eigenvalue weighted by atomic mass is 19.1. The molecule has 0 N–H and O–H groups in total. The quantitative estimate of drug-likeness (QED) is 0.161. The summed E-state index contributed by atoms with van der Waals surface area (Å²) >= 11 is 0. The van der Waals surface area contributed by atoms with Crippen molar-refractivity contribution in [1.29, 1.82) is 10.5 Å². The SMILES string of the molecule is C=C/C=C\c1cccc(-c2c(C)cc3c(nc(N4CC(C)(N(C)C)C4)c4nnn([C@H]5CCN(C(=O)C(=C)F)[C@H](CC#N)C5)c43)c2F)c1C#N. The molecule has 6 rings (SSSR count). The van der Waals surface area contributed by atoms with Crippen LogP contribution >= 0.6 is 0 Å². The van der Waals surface area contributed by atoms with Crippen molar-refractivity contribution in [2.75, 3.05) is 38.6 Å². The molecule has 0 bridgehead atoms. The lowest BCUT2D eigenvalue weighted by Gasteiger charge is -2.52. The van der Waals surface area contributed by atoms with Crippen LogP contribution in [-0.2, 0) is 4.79 Å². The third-order valence-corrected chi connectivity index (χ3v) is 10.0. The maximum absolute atomic E-state index is 17.1. The zero-order chi connectivity index (χ0) is 35.2. The van der Waals surface area contributed by atoms with E-state index in [1.807, 2.05) is 20.2 Å². The van der Waals surface area contributed by atoms with Gasteiger partial charge in [0, 0.05) is 42.2 Å². The van der Waals surface area contributed by atoms with Crippen LogP contribution in [0.3, 0.4) is 0 Å². The summed E-state index contributed by atoms with van der Waals surface area (Å²) in [5, 5.41) is 29.4. The van der Waals surface area contributed by atoms with Crippen molar-refractivity contribution in [2.24, 2.45) is 0 Å². The Morgan fingerprint density at radius 3 is 2.65 bits per heavy atom. The number of nitrogens with zero attached hydrogens (tertiary/aromatic N) is 9. The highest BCUT2D eigenvalue weighted by Crippen LogP contribution is 2.42. The van der Waals surface area contributed by atoms with Gasteiger partial charge < -0.3 is 14.7 Å². The van der Waals surface area contributed by atoms with Gasteiger partial charge in [-0.15, -0.1) is 5.10 Å². The third kappa shape index (κ3) is 5.62. The Bertz CT molecular complexity index is 2130. The maximum Gasteiger partial charge on any atom is 0.282 e. The fraction of sp³-hybridized carbons (Fsp3) is 0.351. The highest BCUT2D eigenvalue weighted by Gasteiger charge is 2.43. The number of likely N-dealkylation sites (N-methyl/N-ethyl adjacent to an activating group) is 1. The van der Waals surface area contributed by atoms with Crippen LogP contribution in [0.4, 0.5) is 14.6 Å². The minimum Gasteiger partial charge on any atom is -0.351 e. The second-order valence-corrected chi connectivity index (χ2v) is 13.3. The molecule has 0 radical (unpaired) electrons. The number of anilines is 1. The van der Waals surface area contributed by atoms with E-state index in [4.69, 9.17) is 4.98 Å². The van der Waals surface area contributed by atoms with Crippen LogP contribution in [0, 0.1) is 35.4 Å². The first-order valence-electron chi connectivity index (χ1n) is 16.1. The summed E-state index contributed by atoms with van der Waals surface area (Å²) in [5.74, 6) is -1.96. The molecule has 1 amide bonds. The smallest absolute Gasteiger partial charge is 0.282 e. The number of nitriles is 2. The number of benzene rings is 2. The number of pyridine rings is 1. The van der Waals surface area contributed by atoms with E-state index in [1.54, 1.807) is 48.0 Å². The fourth-order valence-corrected chi connectivity index (χ4v) is 7.11. The Hall–Kier alpha value is -5.46. The Morgan fingerprint density at radius 1 is 1.24 bits per heavy atom. The minimum atomic E-state index is -1.07. The van der Waals surface area contributed by atoms with Crippen molar-refractivity contribution in [3.05, 3.63) is 77.9 Å². The maximum atomic E-state index is 17.1. The molecular weight excluding hydrogens is 624 g/mol. The average Bonchev–Trinajstić information content (AvgIpc) is 3.51. The van der Waals surface area contributed by atoms with E-state index in [0.29, 0.717) is 70.4 Å². The van der Waals surface area contributed by atoms with Crippen LogP contribution in [0.2, 0.25) is 0 Å². The second kappa shape index (κ2) is 12.9. The number of piperidine rings is 1. The highest BCUT2D eigenvalue weighted by molar-refractivity contribution is 6.08. The molecule has 250 valence electrons. The second-order valence-electron chi connectivity index (χ2n) is 13.3. The lowest BCUT2D eigenvalue weighted by atomic mass is 9.90. The lowest BCUT2D eigenvalue weighted by molar-refractivity contribution is -0.132. The summed E-state index contributed by atoms with van der Waals surface area (Å²) in [6.07, 6.45) is 5.85. The molecule has 0 spiro atoms. The first-order chi connectivity index (χ1) is 23.4. The van der Waals surface area contributed by atoms with E-state index in [9.17, 15) is 19.7 Å². The molecule has 0 aliphatic carbocycles. The van der Waals surface area contributed by atoms with Gasteiger partial charge in [0.05, 0.1) is 29.6 Å². The minimum absolute atomic E-state index is 0.00593. The van der Waals surface area contributed by atoms with Crippen molar-refractivity contribution in [3.8, 4) is 23.3 Å². The number of halogens is 2. The molecule has 4 aromatic rings. The zero-order valence-corrected chi connectivity index (χ0v) is 28.0. The molecule has 2 fully saturated rings. The average molecular weight is 662 g/mol. The van der Waals surface area contributed by atoms with E-state index in [1.165, 1.54) is 4.90 Å². The molecule has 2 aromatic heterocycles. The summed E-state index contributed by atoms with van der Waals surface area (Å²) in [6, 6.07) is 10.7. The molecular formula is C37H37F2N9O. The van der Waals surface area contributed by atoms with E-state index >= 15 is 4.39 Å². The van der Waals surface area contributed by atoms with E-state index in [-0.39, 0.29) is 35.6 Å². The molecule has 0 unspecified atom stereocenters. The van der Waals surface area contributed by atoms with Gasteiger partial charge in [-0.05, 0) is 58.0 Å². The first kappa shape index (κ1) is 33.4. The van der Waals surface area contributed by atoms with Crippen molar-refractivity contribution >= 4 is 39.7 Å². The zero-order valence-electron chi connectivity index (χ0n) is 28.0. The molecule has 2 aliphatic heterocycles. The van der Waals surface area contributed by atoms with Crippen molar-refractivity contribution in [3.63, 3.8) is 0 Å². The summed E-state index contributed by atoms with van der Waals surface area (Å²) < 4.78 is 32.8. The number of hydrogen-bond donors (Lipinski definition) is 0. The first-order valence-corrected chi connectivity index (χ1v) is 16.1. The van der Waals surface area contributed by atoms with Gasteiger partial charge in [0.2, 0.25) is 0 Å². The van der Waals surface area contributed by atoms with Crippen molar-refractivity contribution < 1.29 is 13.6 Å². The third-order valence-electron chi connectivity index (χ3n) is 10.0. The summed E-state index contributed by atoms with van der Waals surface area (Å²) in [7, 11) is 4.04. The van der Waals surface area contributed by atoms with Gasteiger partial charge in [0.15, 0.2) is 23.0 Å². The van der Waals surface area contributed by atoms with Crippen LogP contribution in [0.15, 0.2) is 55.4 Å². The Morgan fingerprint density at radius 2 is 2.00 bits per heavy atom. The molecule has 2 aliphatic rings. The number of carbonyl (C=O) groups excluding carboxylic acids is 1. The number of rotatable bonds is 8. The number of fused-ring (bicyclic) bond motifs is 3. The predicted molar refractivity (Wildman–Crippen MR) is 185 cm³/mol. The standard InChI is InChI=1S/C37H37F2N9O/c1-7-8-10-24-11-9-12-27(29(24)19-41)30-22(2)17-28-32(31(30)39)42-35(46-20-37(4,21-46)45(5)6)33-34(28)48(44-43-33)26-14-16-47(36(49)23(3)38)25(18-26)13-15-40/h7-12,17,25-26H,1,3,13-14,16,18,20-21H2,2,4-6H3/b10-8-/t25-,26+/m1/s1. The number of allylic oxidation sites excluding steroid dienone is 2. The van der Waals surface area contributed by atoms with Crippen molar-refractivity contribution in [2.45, 2.75) is 50.7 Å². The van der Waals surface area contributed by atoms with Crippen LogP contribution in [0.1, 0.15) is 48.9 Å². The molecule has 4 heterocycles. The van der Waals surface area contributed by atoms with Crippen LogP contribution in [0.25, 0.3) is 39.1 Å². The van der Waals surface area contributed by atoms with E-state index in [0.717, 1.165) is 0 Å². The van der Waals surface area contributed by atoms with Gasteiger partial charge in [-0.3, -0.25) is 4.79 Å². The molecule has 0 saturated carbocycles. The van der Waals surface area contributed by atoms with Crippen LogP contribution in [0.5, 0.6) is 0 Å². The van der Waals surface area contributed by atoms with Crippen LogP contribution < -0.4 is 4.90 Å². The Labute approximate surface area is 283 Å². The van der Waals surface area contributed by atoms with Gasteiger partial charge >= 0.3 is 0 Å². The number of likely N-dealkylation sites (tertiary alicyclic amines) is 1. The topological polar surface area (TPSA) is 118 Å². The van der Waals surface area contributed by atoms with Gasteiger partial charge in [0.25, 0.3) is 5.91 Å². The monoisotopic (exact) mass is 661 g/mol. The largest absolute Gasteiger partial charge is 0.351 e. The molecule has 2 saturated heterocycles. The van der Waals surface area contributed by atoms with Gasteiger partial charge in [0.1, 0.15) is 17.1 Å². The van der Waals surface area contributed by atoms with E-state index < -0.39 is 23.6 Å². The Kier molecular flexibility index (Phi) is 8.78. The number of aromatic nitrogens is 4. The summed E-state index contributed by atoms with van der Waals surface area (Å²) in [6.45, 7) is 12.3. The predicted octanol–water partition coefficient (Wildman–Crippen LogP) is 6.23. The Balaban J connectivity index is 1.56. The van der Waals surface area contributed by atoms with Gasteiger partial charge in [-0.2, -0.15) is 10.5 Å². The molecule has 49 heavy (non-hydrogen) atoms. The number of carbonyl (C=O) groups is 1. The fourth-order valence-electron chi connectivity index (χ4n) is 7.11. The summed E-state index contributed by atoms with van der Waals surface area (Å²) in [4.78, 5) is 23.1. The summed E-state index contributed by atoms with van der Waals surface area (Å²) in [5.41, 5.74) is 3.41. The van der Waals surface area contributed by atoms with Crippen molar-refractivity contribution in [1.82, 2.24) is 29.8 Å². The normalized spacial score (nSPS) is 18.9. The number of amides is 1. The van der Waals surface area contributed by atoms with E-state index in [2.05, 4.69) is 52.3 Å². The van der Waals surface area contributed by atoms with Gasteiger partial charge in [-0.1, -0.05) is 54.8 Å². The molecule has 12 heteroatoms. The molecule has 2 aromatic carbocycles. The number of hydrogen-bond acceptors (Lipinski definition) is 8. The van der Waals surface area contributed by atoms with Gasteiger partial charge in [-0.25, -0.2) is 18.4 Å². The lowest BCUT2D eigenvalue weighted by Crippen LogP contribution is -2.67.